The largest absolute Gasteiger partial charge is 0.339 e. The highest BCUT2D eigenvalue weighted by Gasteiger charge is 2.49. The lowest BCUT2D eigenvalue weighted by Gasteiger charge is -2.35. The summed E-state index contributed by atoms with van der Waals surface area (Å²) in [5.74, 6) is -0.450. The smallest absolute Gasteiger partial charge is 0.325 e. The fourth-order valence-electron chi connectivity index (χ4n) is 3.78. The van der Waals surface area contributed by atoms with E-state index >= 15 is 0 Å². The third-order valence-corrected chi connectivity index (χ3v) is 5.72. The molecule has 1 aromatic rings. The predicted molar refractivity (Wildman–Crippen MR) is 102 cm³/mol. The van der Waals surface area contributed by atoms with Crippen molar-refractivity contribution >= 4 is 17.8 Å². The van der Waals surface area contributed by atoms with Crippen molar-refractivity contribution in [2.24, 2.45) is 0 Å². The van der Waals surface area contributed by atoms with E-state index in [1.165, 1.54) is 5.56 Å². The van der Waals surface area contributed by atoms with Crippen LogP contribution in [0.1, 0.15) is 32.3 Å². The summed E-state index contributed by atoms with van der Waals surface area (Å²) in [6.07, 6.45) is 1.05. The van der Waals surface area contributed by atoms with Crippen molar-refractivity contribution in [1.82, 2.24) is 20.0 Å². The number of carbonyl (C=O) groups excluding carboxylic acids is 3. The van der Waals surface area contributed by atoms with Crippen LogP contribution in [0.25, 0.3) is 0 Å². The number of carbonyl (C=O) groups is 3. The Balaban J connectivity index is 1.52. The van der Waals surface area contributed by atoms with Gasteiger partial charge in [-0.25, -0.2) is 4.79 Å². The van der Waals surface area contributed by atoms with Gasteiger partial charge in [-0.1, -0.05) is 44.2 Å². The number of amides is 4. The topological polar surface area (TPSA) is 73.0 Å². The number of urea groups is 1. The van der Waals surface area contributed by atoms with Crippen LogP contribution >= 0.6 is 0 Å². The van der Waals surface area contributed by atoms with Crippen LogP contribution in [-0.4, -0.2) is 70.8 Å². The molecule has 2 aliphatic rings. The molecule has 1 N–H and O–H groups in total. The Morgan fingerprint density at radius 3 is 2.22 bits per heavy atom. The molecular formula is C20H28N4O3. The van der Waals surface area contributed by atoms with Gasteiger partial charge in [0.1, 0.15) is 12.1 Å². The Bertz CT molecular complexity index is 694. The molecule has 0 bridgehead atoms. The quantitative estimate of drug-likeness (QED) is 0.767. The third-order valence-electron chi connectivity index (χ3n) is 5.72. The number of nitrogens with zero attached hydrogens (tertiary/aromatic N) is 3. The molecule has 0 atom stereocenters. The van der Waals surface area contributed by atoms with E-state index < -0.39 is 11.6 Å². The third kappa shape index (κ3) is 3.98. The summed E-state index contributed by atoms with van der Waals surface area (Å²) in [6.45, 7) is 7.24. The molecule has 0 unspecified atom stereocenters. The monoisotopic (exact) mass is 372 g/mol. The summed E-state index contributed by atoms with van der Waals surface area (Å²) >= 11 is 0. The van der Waals surface area contributed by atoms with Gasteiger partial charge in [0.25, 0.3) is 5.91 Å². The summed E-state index contributed by atoms with van der Waals surface area (Å²) in [4.78, 5) is 42.6. The molecule has 7 nitrogen and oxygen atoms in total. The van der Waals surface area contributed by atoms with E-state index in [1.54, 1.807) is 4.90 Å². The molecular weight excluding hydrogens is 344 g/mol. The predicted octanol–water partition coefficient (Wildman–Crippen LogP) is 1.44. The van der Waals surface area contributed by atoms with Crippen LogP contribution in [0.5, 0.6) is 0 Å². The van der Waals surface area contributed by atoms with Crippen LogP contribution in [0.15, 0.2) is 30.3 Å². The highest BCUT2D eigenvalue weighted by Crippen LogP contribution is 2.24. The average Bonchev–Trinajstić information content (AvgIpc) is 2.94. The van der Waals surface area contributed by atoms with Gasteiger partial charge in [-0.3, -0.25) is 19.4 Å². The molecule has 2 saturated heterocycles. The normalized spacial score (nSPS) is 20.1. The van der Waals surface area contributed by atoms with Crippen LogP contribution in [0.2, 0.25) is 0 Å². The van der Waals surface area contributed by atoms with Gasteiger partial charge in [0.2, 0.25) is 5.91 Å². The number of hydrogen-bond acceptors (Lipinski definition) is 4. The molecule has 27 heavy (non-hydrogen) atoms. The molecule has 0 spiro atoms. The van der Waals surface area contributed by atoms with Crippen molar-refractivity contribution in [3.8, 4) is 0 Å². The molecule has 0 aromatic heterocycles. The summed E-state index contributed by atoms with van der Waals surface area (Å²) < 4.78 is 0. The number of piperazine rings is 1. The van der Waals surface area contributed by atoms with Crippen LogP contribution in [-0.2, 0) is 16.1 Å². The van der Waals surface area contributed by atoms with Gasteiger partial charge < -0.3 is 10.2 Å². The first kappa shape index (κ1) is 19.4. The van der Waals surface area contributed by atoms with Crippen molar-refractivity contribution in [2.45, 2.75) is 38.8 Å². The highest BCUT2D eigenvalue weighted by atomic mass is 16.2. The summed E-state index contributed by atoms with van der Waals surface area (Å²) in [6, 6.07) is 9.80. The average molecular weight is 372 g/mol. The fourth-order valence-corrected chi connectivity index (χ4v) is 3.78. The van der Waals surface area contributed by atoms with Gasteiger partial charge in [0.05, 0.1) is 0 Å². The summed E-state index contributed by atoms with van der Waals surface area (Å²) in [5.41, 5.74) is 0.401. The van der Waals surface area contributed by atoms with E-state index in [4.69, 9.17) is 0 Å². The van der Waals surface area contributed by atoms with Gasteiger partial charge in [0.15, 0.2) is 0 Å². The highest BCUT2D eigenvalue weighted by molar-refractivity contribution is 6.08. The molecule has 2 aliphatic heterocycles. The Morgan fingerprint density at radius 2 is 1.67 bits per heavy atom. The van der Waals surface area contributed by atoms with Crippen molar-refractivity contribution in [1.29, 1.82) is 0 Å². The first-order chi connectivity index (χ1) is 13.0. The minimum Gasteiger partial charge on any atom is -0.339 e. The van der Waals surface area contributed by atoms with Crippen molar-refractivity contribution in [3.05, 3.63) is 35.9 Å². The maximum absolute atomic E-state index is 12.6. The van der Waals surface area contributed by atoms with Crippen LogP contribution < -0.4 is 5.32 Å². The second-order valence-electron chi connectivity index (χ2n) is 7.25. The molecule has 4 amide bonds. The van der Waals surface area contributed by atoms with Crippen LogP contribution in [0, 0.1) is 0 Å². The van der Waals surface area contributed by atoms with Gasteiger partial charge in [-0.05, 0) is 18.4 Å². The number of rotatable bonds is 6. The number of nitrogens with one attached hydrogen (secondary N) is 1. The molecule has 0 saturated carbocycles. The molecule has 146 valence electrons. The first-order valence-electron chi connectivity index (χ1n) is 9.67. The van der Waals surface area contributed by atoms with E-state index in [0.717, 1.165) is 24.5 Å². The van der Waals surface area contributed by atoms with E-state index in [9.17, 15) is 14.4 Å². The van der Waals surface area contributed by atoms with Crippen LogP contribution in [0.4, 0.5) is 4.79 Å². The Morgan fingerprint density at radius 1 is 1.04 bits per heavy atom. The molecule has 7 heteroatoms. The second kappa shape index (κ2) is 8.08. The summed E-state index contributed by atoms with van der Waals surface area (Å²) in [5, 5.41) is 2.77. The Hall–Kier alpha value is -2.41. The lowest BCUT2D eigenvalue weighted by atomic mass is 9.93. The molecule has 1 aromatic carbocycles. The van der Waals surface area contributed by atoms with E-state index in [0.29, 0.717) is 25.9 Å². The van der Waals surface area contributed by atoms with Crippen molar-refractivity contribution in [3.63, 3.8) is 0 Å². The molecule has 2 fully saturated rings. The van der Waals surface area contributed by atoms with E-state index in [2.05, 4.69) is 22.3 Å². The van der Waals surface area contributed by atoms with Gasteiger partial charge >= 0.3 is 6.03 Å². The SMILES string of the molecule is CCC1(CC)NC(=O)N(CC(=O)N2CCN(Cc3ccccc3)CC2)C1=O. The van der Waals surface area contributed by atoms with Crippen molar-refractivity contribution in [2.75, 3.05) is 32.7 Å². The number of imide groups is 1. The maximum Gasteiger partial charge on any atom is 0.325 e. The number of hydrogen-bond donors (Lipinski definition) is 1. The standard InChI is InChI=1S/C20H28N4O3/c1-3-20(4-2)18(26)24(19(27)21-20)15-17(25)23-12-10-22(11-13-23)14-16-8-6-5-7-9-16/h5-9H,3-4,10-15H2,1-2H3,(H,21,27). The molecule has 2 heterocycles. The zero-order valence-electron chi connectivity index (χ0n) is 16.1. The van der Waals surface area contributed by atoms with Crippen LogP contribution in [0.3, 0.4) is 0 Å². The van der Waals surface area contributed by atoms with Gasteiger partial charge in [0, 0.05) is 32.7 Å². The Kier molecular flexibility index (Phi) is 5.79. The van der Waals surface area contributed by atoms with Gasteiger partial charge in [-0.2, -0.15) is 0 Å². The summed E-state index contributed by atoms with van der Waals surface area (Å²) in [7, 11) is 0. The minimum atomic E-state index is -0.855. The zero-order chi connectivity index (χ0) is 19.4. The zero-order valence-corrected chi connectivity index (χ0v) is 16.1. The fraction of sp³-hybridized carbons (Fsp3) is 0.550. The molecule has 0 aliphatic carbocycles. The lowest BCUT2D eigenvalue weighted by Crippen LogP contribution is -2.52. The number of benzene rings is 1. The minimum absolute atomic E-state index is 0.166. The van der Waals surface area contributed by atoms with E-state index in [-0.39, 0.29) is 18.4 Å². The molecule has 3 rings (SSSR count). The Labute approximate surface area is 160 Å². The maximum atomic E-state index is 12.6. The van der Waals surface area contributed by atoms with E-state index in [1.807, 2.05) is 32.0 Å². The van der Waals surface area contributed by atoms with Crippen molar-refractivity contribution < 1.29 is 14.4 Å². The second-order valence-corrected chi connectivity index (χ2v) is 7.25. The first-order valence-corrected chi connectivity index (χ1v) is 9.67. The van der Waals surface area contributed by atoms with Gasteiger partial charge in [-0.15, -0.1) is 0 Å². The molecule has 0 radical (unpaired) electrons. The lowest BCUT2D eigenvalue weighted by molar-refractivity contribution is -0.140.